The molecule has 330 valence electrons. The fraction of sp³-hybridized carbons (Fsp3) is 0.276. The topological polar surface area (TPSA) is 27.5 Å². The van der Waals surface area contributed by atoms with Gasteiger partial charge in [0.2, 0.25) is 0 Å². The van der Waals surface area contributed by atoms with Crippen LogP contribution in [0.5, 0.6) is 0 Å². The first-order chi connectivity index (χ1) is 29.8. The number of fused-ring (bicyclic) bond motifs is 4. The van der Waals surface area contributed by atoms with Crippen LogP contribution < -0.4 is 14.7 Å². The summed E-state index contributed by atoms with van der Waals surface area (Å²) in [7, 11) is 2.13. The zero-order chi connectivity index (χ0) is 44.6. The molecule has 64 heavy (non-hydrogen) atoms. The van der Waals surface area contributed by atoms with Crippen molar-refractivity contribution in [3.8, 4) is 5.82 Å². The Morgan fingerprint density at radius 2 is 1.11 bits per heavy atom. The fourth-order valence-electron chi connectivity index (χ4n) is 8.80. The summed E-state index contributed by atoms with van der Waals surface area (Å²) in [6.45, 7) is 27.5. The third kappa shape index (κ3) is 8.17. The minimum atomic E-state index is -0.214. The van der Waals surface area contributed by atoms with E-state index < -0.39 is 0 Å². The molecule has 0 saturated heterocycles. The molecule has 9 rings (SSSR count). The number of para-hydroxylation sites is 3. The molecule has 0 N–H and O–H groups in total. The zero-order valence-corrected chi connectivity index (χ0v) is 41.7. The van der Waals surface area contributed by atoms with Crippen LogP contribution in [0.25, 0.3) is 27.6 Å². The van der Waals surface area contributed by atoms with Crippen LogP contribution in [-0.4, -0.2) is 16.6 Å². The molecule has 0 radical (unpaired) electrons. The van der Waals surface area contributed by atoms with Crippen LogP contribution in [0.15, 0.2) is 140 Å². The van der Waals surface area contributed by atoms with Gasteiger partial charge in [0.1, 0.15) is 5.82 Å². The van der Waals surface area contributed by atoms with Crippen molar-refractivity contribution < 1.29 is 21.1 Å². The van der Waals surface area contributed by atoms with E-state index in [-0.39, 0.29) is 42.7 Å². The second kappa shape index (κ2) is 16.4. The van der Waals surface area contributed by atoms with Crippen molar-refractivity contribution in [2.45, 2.75) is 97.8 Å². The van der Waals surface area contributed by atoms with Crippen molar-refractivity contribution in [3.63, 3.8) is 0 Å². The Hall–Kier alpha value is -5.64. The maximum atomic E-state index is 5.01. The van der Waals surface area contributed by atoms with E-state index in [0.717, 1.165) is 56.4 Å². The predicted octanol–water partition coefficient (Wildman–Crippen LogP) is 15.2. The molecule has 1 aliphatic heterocycles. The van der Waals surface area contributed by atoms with Gasteiger partial charge < -0.3 is 19.3 Å². The molecule has 0 bridgehead atoms. The van der Waals surface area contributed by atoms with E-state index in [0.29, 0.717) is 0 Å². The van der Waals surface area contributed by atoms with Crippen LogP contribution in [0.1, 0.15) is 104 Å². The monoisotopic (exact) mass is 1020 g/mol. The van der Waals surface area contributed by atoms with Crippen molar-refractivity contribution in [1.29, 1.82) is 0 Å². The van der Waals surface area contributed by atoms with Gasteiger partial charge in [-0.3, -0.25) is 0 Å². The number of rotatable bonds is 7. The summed E-state index contributed by atoms with van der Waals surface area (Å²) in [4.78, 5) is 11.9. The van der Waals surface area contributed by atoms with Crippen molar-refractivity contribution in [1.82, 2.24) is 9.55 Å². The molecule has 5 nitrogen and oxygen atoms in total. The molecule has 0 spiro atoms. The summed E-state index contributed by atoms with van der Waals surface area (Å²) >= 11 is 0. The van der Waals surface area contributed by atoms with E-state index in [9.17, 15) is 0 Å². The van der Waals surface area contributed by atoms with Gasteiger partial charge in [-0.1, -0.05) is 160 Å². The van der Waals surface area contributed by atoms with Crippen LogP contribution in [0.4, 0.5) is 34.1 Å². The third-order valence-electron chi connectivity index (χ3n) is 13.0. The molecule has 6 heteroatoms. The summed E-state index contributed by atoms with van der Waals surface area (Å²) in [5, 5.41) is 2.31. The number of nitrogens with zero attached hydrogens (tertiary/aromatic N) is 5. The molecule has 8 aromatic rings. The van der Waals surface area contributed by atoms with E-state index >= 15 is 0 Å². The second-order valence-electron chi connectivity index (χ2n) is 20.9. The van der Waals surface area contributed by atoms with Crippen LogP contribution in [0.3, 0.4) is 0 Å². The molecule has 0 saturated carbocycles. The van der Waals surface area contributed by atoms with Gasteiger partial charge in [-0.15, -0.1) is 53.6 Å². The van der Waals surface area contributed by atoms with Crippen LogP contribution >= 0.6 is 0 Å². The molecule has 0 aliphatic carbocycles. The molecule has 0 amide bonds. The largest absolute Gasteiger partial charge is 0.493 e. The van der Waals surface area contributed by atoms with E-state index in [4.69, 9.17) is 4.98 Å². The van der Waals surface area contributed by atoms with Crippen LogP contribution in [0, 0.1) is 18.8 Å². The van der Waals surface area contributed by atoms with Crippen molar-refractivity contribution in [3.05, 3.63) is 186 Å². The summed E-state index contributed by atoms with van der Waals surface area (Å²) < 4.78 is 2.28. The first-order valence-corrected chi connectivity index (χ1v) is 22.3. The van der Waals surface area contributed by atoms with Crippen molar-refractivity contribution >= 4 is 55.9 Å². The smallest absolute Gasteiger partial charge is 0.135 e. The zero-order valence-electron chi connectivity index (χ0n) is 39.4. The molecular weight excluding hydrogens is 962 g/mol. The maximum absolute atomic E-state index is 5.01. The second-order valence-corrected chi connectivity index (χ2v) is 20.9. The Bertz CT molecular complexity index is 2960. The van der Waals surface area contributed by atoms with Crippen LogP contribution in [-0.2, 0) is 42.7 Å². The molecule has 3 heterocycles. The number of benzene rings is 6. The number of hydrogen-bond donors (Lipinski definition) is 0. The Balaban J connectivity index is 0.00000560. The number of hydrogen-bond acceptors (Lipinski definition) is 4. The van der Waals surface area contributed by atoms with E-state index in [1.54, 1.807) is 0 Å². The Morgan fingerprint density at radius 1 is 0.516 bits per heavy atom. The average Bonchev–Trinajstić information content (AvgIpc) is 3.81. The van der Waals surface area contributed by atoms with Gasteiger partial charge >= 0.3 is 0 Å². The minimum Gasteiger partial charge on any atom is -0.493 e. The fourth-order valence-corrected chi connectivity index (χ4v) is 8.80. The molecule has 0 unspecified atom stereocenters. The number of anilines is 6. The van der Waals surface area contributed by atoms with Gasteiger partial charge in [0.15, 0.2) is 0 Å². The third-order valence-corrected chi connectivity index (χ3v) is 13.0. The molecule has 6 aromatic carbocycles. The molecule has 2 aromatic heterocycles. The van der Waals surface area contributed by atoms with Crippen molar-refractivity contribution in [2.24, 2.45) is 0 Å². The SMILES string of the molecule is CN(c1[c-]c2c(cc1)c1ccccc1n2-c1cc(C(C)(C)c2ccccc2)ccn1)c1[c-]c(N2[CH-]N(c3cc(C(C)(C)C)cc(C(C)(C)C)c3)c3ccccc32)cc(C(C)(C)C)c1.[Pt]. The molecule has 1 aliphatic rings. The van der Waals surface area contributed by atoms with Gasteiger partial charge in [0.25, 0.3) is 0 Å². The van der Waals surface area contributed by atoms with Gasteiger partial charge in [-0.25, -0.2) is 4.98 Å². The van der Waals surface area contributed by atoms with E-state index in [2.05, 4.69) is 255 Å². The molecule has 0 fully saturated rings. The maximum Gasteiger partial charge on any atom is 0.135 e. The minimum absolute atomic E-state index is 0. The van der Waals surface area contributed by atoms with Crippen molar-refractivity contribution in [2.75, 3.05) is 21.7 Å². The number of pyridine rings is 1. The molecular formula is C58H60N5Pt-3. The van der Waals surface area contributed by atoms with Gasteiger partial charge in [-0.05, 0) is 86.3 Å². The number of aromatic nitrogens is 2. The van der Waals surface area contributed by atoms with E-state index in [1.165, 1.54) is 33.2 Å². The van der Waals surface area contributed by atoms with Gasteiger partial charge in [0, 0.05) is 62.3 Å². The van der Waals surface area contributed by atoms with Crippen LogP contribution in [0.2, 0.25) is 0 Å². The Kier molecular flexibility index (Phi) is 11.5. The standard InChI is InChI=1S/C58H60N5.Pt/c1-55(2,3)41-30-42(56(4,5)6)33-46(32-41)61-38-62(52-25-19-18-24-51(52)61)47-34-43(57(7,8)9)31-45(36-47)60(12)44-26-27-49-48-22-16-17-23-50(48)63(53(49)37-44)54-35-40(28-29-59-54)58(10,11)39-20-14-13-15-21-39;/h13-35,38H,1-12H3;/q-3;. The Morgan fingerprint density at radius 3 is 1.77 bits per heavy atom. The van der Waals surface area contributed by atoms with Gasteiger partial charge in [0.05, 0.1) is 0 Å². The summed E-state index contributed by atoms with van der Waals surface area (Å²) in [5.41, 5.74) is 14.4. The first kappa shape index (κ1) is 44.9. The average molecular weight is 1020 g/mol. The summed E-state index contributed by atoms with van der Waals surface area (Å²) in [6, 6.07) is 56.4. The van der Waals surface area contributed by atoms with E-state index in [1.807, 2.05) is 6.20 Å². The summed E-state index contributed by atoms with van der Waals surface area (Å²) in [6.07, 6.45) is 1.94. The quantitative estimate of drug-likeness (QED) is 0.149. The molecule has 0 atom stereocenters. The predicted molar refractivity (Wildman–Crippen MR) is 267 cm³/mol. The normalized spacial score (nSPS) is 13.4. The first-order valence-electron chi connectivity index (χ1n) is 22.3. The summed E-state index contributed by atoms with van der Waals surface area (Å²) in [5.74, 6) is 0.873. The van der Waals surface area contributed by atoms with Gasteiger partial charge in [-0.2, -0.15) is 6.07 Å². The Labute approximate surface area is 396 Å².